The van der Waals surface area contributed by atoms with Crippen LogP contribution in [0.15, 0.2) is 24.3 Å². The van der Waals surface area contributed by atoms with Crippen molar-refractivity contribution < 1.29 is 9.53 Å². The standard InChI is InChI=1S/C14H21NO2/c1-5-17-13-8-6-12(7-9-13)14(16)10-15(4)11(2)3/h6-9,11H,5,10H2,1-4H3. The van der Waals surface area contributed by atoms with Crippen LogP contribution in [0.2, 0.25) is 0 Å². The highest BCUT2D eigenvalue weighted by Gasteiger charge is 2.11. The maximum absolute atomic E-state index is 11.9. The summed E-state index contributed by atoms with van der Waals surface area (Å²) in [4.78, 5) is 14.0. The molecule has 3 heteroatoms. The van der Waals surface area contributed by atoms with Crippen LogP contribution in [0.3, 0.4) is 0 Å². The molecule has 0 aliphatic heterocycles. The Balaban J connectivity index is 2.63. The predicted molar refractivity (Wildman–Crippen MR) is 69.7 cm³/mol. The van der Waals surface area contributed by atoms with Gasteiger partial charge in [0.25, 0.3) is 0 Å². The smallest absolute Gasteiger partial charge is 0.176 e. The van der Waals surface area contributed by atoms with E-state index >= 15 is 0 Å². The summed E-state index contributed by atoms with van der Waals surface area (Å²) < 4.78 is 5.34. The number of hydrogen-bond acceptors (Lipinski definition) is 3. The number of likely N-dealkylation sites (N-methyl/N-ethyl adjacent to an activating group) is 1. The lowest BCUT2D eigenvalue weighted by molar-refractivity contribution is 0.0929. The Morgan fingerprint density at radius 1 is 1.29 bits per heavy atom. The lowest BCUT2D eigenvalue weighted by Gasteiger charge is -2.19. The molecule has 0 N–H and O–H groups in total. The molecule has 0 aliphatic rings. The van der Waals surface area contributed by atoms with Gasteiger partial charge in [-0.05, 0) is 52.1 Å². The molecule has 1 aromatic rings. The number of carbonyl (C=O) groups excluding carboxylic acids is 1. The van der Waals surface area contributed by atoms with Crippen molar-refractivity contribution in [3.8, 4) is 5.75 Å². The van der Waals surface area contributed by atoms with Crippen LogP contribution in [0, 0.1) is 0 Å². The van der Waals surface area contributed by atoms with Crippen LogP contribution in [0.1, 0.15) is 31.1 Å². The molecule has 17 heavy (non-hydrogen) atoms. The van der Waals surface area contributed by atoms with Gasteiger partial charge in [0.2, 0.25) is 0 Å². The minimum atomic E-state index is 0.143. The number of benzene rings is 1. The van der Waals surface area contributed by atoms with Crippen LogP contribution in [-0.2, 0) is 0 Å². The van der Waals surface area contributed by atoms with Crippen molar-refractivity contribution in [2.45, 2.75) is 26.8 Å². The van der Waals surface area contributed by atoms with Crippen LogP contribution in [0.4, 0.5) is 0 Å². The van der Waals surface area contributed by atoms with Crippen LogP contribution in [-0.4, -0.2) is 36.9 Å². The third-order valence-corrected chi connectivity index (χ3v) is 2.76. The molecule has 1 rings (SSSR count). The molecule has 0 unspecified atom stereocenters. The topological polar surface area (TPSA) is 29.5 Å². The highest BCUT2D eigenvalue weighted by molar-refractivity contribution is 5.97. The molecule has 0 saturated carbocycles. The zero-order valence-corrected chi connectivity index (χ0v) is 11.1. The molecule has 0 atom stereocenters. The fourth-order valence-corrected chi connectivity index (χ4v) is 1.40. The largest absolute Gasteiger partial charge is 0.494 e. The number of rotatable bonds is 6. The SMILES string of the molecule is CCOc1ccc(C(=O)CN(C)C(C)C)cc1. The molecule has 94 valence electrons. The molecule has 0 spiro atoms. The average molecular weight is 235 g/mol. The predicted octanol–water partition coefficient (Wildman–Crippen LogP) is 2.61. The number of ketones is 1. The molecular weight excluding hydrogens is 214 g/mol. The van der Waals surface area contributed by atoms with E-state index in [0.29, 0.717) is 19.2 Å². The summed E-state index contributed by atoms with van der Waals surface area (Å²) in [5.74, 6) is 0.950. The van der Waals surface area contributed by atoms with E-state index in [1.807, 2.05) is 43.1 Å². The first kappa shape index (κ1) is 13.7. The van der Waals surface area contributed by atoms with Gasteiger partial charge in [0, 0.05) is 11.6 Å². The fourth-order valence-electron chi connectivity index (χ4n) is 1.40. The quantitative estimate of drug-likeness (QED) is 0.710. The number of Topliss-reactive ketones (excluding diaryl/α,β-unsaturated/α-hetero) is 1. The maximum atomic E-state index is 11.9. The summed E-state index contributed by atoms with van der Waals surface area (Å²) in [5, 5.41) is 0. The second-order valence-electron chi connectivity index (χ2n) is 4.39. The highest BCUT2D eigenvalue weighted by Crippen LogP contribution is 2.13. The Labute approximate surface area is 103 Å². The Hall–Kier alpha value is -1.35. The molecule has 0 aromatic heterocycles. The van der Waals surface area contributed by atoms with Gasteiger partial charge in [0.15, 0.2) is 5.78 Å². The summed E-state index contributed by atoms with van der Waals surface area (Å²) in [5.41, 5.74) is 0.737. The third-order valence-electron chi connectivity index (χ3n) is 2.76. The number of hydrogen-bond donors (Lipinski definition) is 0. The summed E-state index contributed by atoms with van der Waals surface area (Å²) in [6.07, 6.45) is 0. The van der Waals surface area contributed by atoms with E-state index in [0.717, 1.165) is 11.3 Å². The highest BCUT2D eigenvalue weighted by atomic mass is 16.5. The Morgan fingerprint density at radius 3 is 2.35 bits per heavy atom. The zero-order chi connectivity index (χ0) is 12.8. The van der Waals surface area contributed by atoms with Gasteiger partial charge in [-0.2, -0.15) is 0 Å². The molecular formula is C14H21NO2. The van der Waals surface area contributed by atoms with Crippen LogP contribution in [0.5, 0.6) is 5.75 Å². The van der Waals surface area contributed by atoms with Gasteiger partial charge in [-0.15, -0.1) is 0 Å². The second-order valence-corrected chi connectivity index (χ2v) is 4.39. The van der Waals surface area contributed by atoms with E-state index in [9.17, 15) is 4.79 Å². The molecule has 0 bridgehead atoms. The third kappa shape index (κ3) is 4.19. The van der Waals surface area contributed by atoms with Crippen LogP contribution in [0.25, 0.3) is 0 Å². The van der Waals surface area contributed by atoms with Crippen LogP contribution >= 0.6 is 0 Å². The Morgan fingerprint density at radius 2 is 1.88 bits per heavy atom. The molecule has 0 heterocycles. The molecule has 0 amide bonds. The average Bonchev–Trinajstić information content (AvgIpc) is 2.30. The van der Waals surface area contributed by atoms with Crippen molar-refractivity contribution >= 4 is 5.78 Å². The monoisotopic (exact) mass is 235 g/mol. The van der Waals surface area contributed by atoms with Gasteiger partial charge in [0.05, 0.1) is 13.2 Å². The first-order valence-electron chi connectivity index (χ1n) is 6.01. The number of nitrogens with zero attached hydrogens (tertiary/aromatic N) is 1. The minimum absolute atomic E-state index is 0.143. The van der Waals surface area contributed by atoms with E-state index in [1.54, 1.807) is 0 Å². The molecule has 1 aromatic carbocycles. The molecule has 0 radical (unpaired) electrons. The van der Waals surface area contributed by atoms with Gasteiger partial charge in [0.1, 0.15) is 5.75 Å². The van der Waals surface area contributed by atoms with Crippen molar-refractivity contribution in [2.75, 3.05) is 20.2 Å². The molecule has 0 saturated heterocycles. The van der Waals surface area contributed by atoms with E-state index in [4.69, 9.17) is 4.74 Å². The zero-order valence-electron chi connectivity index (χ0n) is 11.1. The summed E-state index contributed by atoms with van der Waals surface area (Å²) in [6.45, 7) is 7.18. The van der Waals surface area contributed by atoms with E-state index in [-0.39, 0.29) is 5.78 Å². The van der Waals surface area contributed by atoms with Gasteiger partial charge in [-0.1, -0.05) is 0 Å². The summed E-state index contributed by atoms with van der Waals surface area (Å²) in [6, 6.07) is 7.70. The lowest BCUT2D eigenvalue weighted by Crippen LogP contribution is -2.31. The summed E-state index contributed by atoms with van der Waals surface area (Å²) in [7, 11) is 1.96. The van der Waals surface area contributed by atoms with Gasteiger partial charge in [-0.25, -0.2) is 0 Å². The Bertz CT molecular complexity index is 357. The van der Waals surface area contributed by atoms with Gasteiger partial charge in [-0.3, -0.25) is 9.69 Å². The summed E-state index contributed by atoms with van der Waals surface area (Å²) >= 11 is 0. The van der Waals surface area contributed by atoms with Crippen molar-refractivity contribution in [3.63, 3.8) is 0 Å². The first-order valence-corrected chi connectivity index (χ1v) is 6.01. The maximum Gasteiger partial charge on any atom is 0.176 e. The van der Waals surface area contributed by atoms with Gasteiger partial charge >= 0.3 is 0 Å². The Kier molecular flexibility index (Phi) is 5.16. The van der Waals surface area contributed by atoms with Gasteiger partial charge < -0.3 is 4.74 Å². The van der Waals surface area contributed by atoms with Crippen molar-refractivity contribution in [2.24, 2.45) is 0 Å². The first-order chi connectivity index (χ1) is 8.04. The minimum Gasteiger partial charge on any atom is -0.494 e. The number of ether oxygens (including phenoxy) is 1. The molecule has 3 nitrogen and oxygen atoms in total. The lowest BCUT2D eigenvalue weighted by atomic mass is 10.1. The fraction of sp³-hybridized carbons (Fsp3) is 0.500. The molecule has 0 fully saturated rings. The second kappa shape index (κ2) is 6.40. The molecule has 0 aliphatic carbocycles. The van der Waals surface area contributed by atoms with Crippen LogP contribution < -0.4 is 4.74 Å². The van der Waals surface area contributed by atoms with E-state index in [1.165, 1.54) is 0 Å². The van der Waals surface area contributed by atoms with Crippen molar-refractivity contribution in [1.29, 1.82) is 0 Å². The van der Waals surface area contributed by atoms with E-state index < -0.39 is 0 Å². The van der Waals surface area contributed by atoms with Crippen molar-refractivity contribution in [1.82, 2.24) is 4.90 Å². The van der Waals surface area contributed by atoms with Crippen molar-refractivity contribution in [3.05, 3.63) is 29.8 Å². The number of carbonyl (C=O) groups is 1. The normalized spacial score (nSPS) is 10.9. The van der Waals surface area contributed by atoms with E-state index in [2.05, 4.69) is 13.8 Å².